The first-order valence-electron chi connectivity index (χ1n) is 5.33. The number of methoxy groups -OCH3 is 1. The minimum absolute atomic E-state index is 0.0451. The third kappa shape index (κ3) is 1.92. The molecule has 82 valence electrons. The number of aliphatic hydroxyl groups is 1. The first-order valence-corrected chi connectivity index (χ1v) is 5.33. The summed E-state index contributed by atoms with van der Waals surface area (Å²) in [5.41, 5.74) is -1.23. The van der Waals surface area contributed by atoms with E-state index in [-0.39, 0.29) is 5.92 Å². The Labute approximate surface area is 85.5 Å². The highest BCUT2D eigenvalue weighted by atomic mass is 16.5. The van der Waals surface area contributed by atoms with Gasteiger partial charge in [0.05, 0.1) is 7.11 Å². The Balaban J connectivity index is 2.84. The third-order valence-corrected chi connectivity index (χ3v) is 3.28. The summed E-state index contributed by atoms with van der Waals surface area (Å²) in [6.45, 7) is 4.09. The third-order valence-electron chi connectivity index (χ3n) is 3.28. The summed E-state index contributed by atoms with van der Waals surface area (Å²) in [5, 5.41) is 10.3. The van der Waals surface area contributed by atoms with E-state index in [1.807, 2.05) is 13.8 Å². The van der Waals surface area contributed by atoms with Crippen LogP contribution in [-0.4, -0.2) is 23.8 Å². The van der Waals surface area contributed by atoms with Crippen molar-refractivity contribution < 1.29 is 14.6 Å². The number of carbonyl (C=O) groups is 1. The lowest BCUT2D eigenvalue weighted by Crippen LogP contribution is -2.50. The summed E-state index contributed by atoms with van der Waals surface area (Å²) in [4.78, 5) is 11.5. The standard InChI is InChI=1S/C11H20O3/c1-8(2)9-6-4-5-7-11(9,13)10(12)14-3/h8-9,13H,4-7H2,1-3H3. The van der Waals surface area contributed by atoms with Gasteiger partial charge in [0.15, 0.2) is 5.60 Å². The number of carbonyl (C=O) groups excluding carboxylic acids is 1. The fraction of sp³-hybridized carbons (Fsp3) is 0.909. The van der Waals surface area contributed by atoms with Gasteiger partial charge in [-0.25, -0.2) is 4.79 Å². The van der Waals surface area contributed by atoms with Crippen LogP contribution < -0.4 is 0 Å². The highest BCUT2D eigenvalue weighted by molar-refractivity contribution is 5.79. The molecule has 0 aromatic rings. The van der Waals surface area contributed by atoms with Crippen molar-refractivity contribution in [2.24, 2.45) is 11.8 Å². The van der Waals surface area contributed by atoms with E-state index < -0.39 is 11.6 Å². The van der Waals surface area contributed by atoms with Crippen LogP contribution in [0, 0.1) is 11.8 Å². The minimum atomic E-state index is -1.23. The molecule has 14 heavy (non-hydrogen) atoms. The maximum absolute atomic E-state index is 11.5. The smallest absolute Gasteiger partial charge is 0.338 e. The largest absolute Gasteiger partial charge is 0.467 e. The zero-order valence-electron chi connectivity index (χ0n) is 9.25. The minimum Gasteiger partial charge on any atom is -0.467 e. The van der Waals surface area contributed by atoms with Crippen LogP contribution in [0.3, 0.4) is 0 Å². The fourth-order valence-electron chi connectivity index (χ4n) is 2.50. The maximum atomic E-state index is 11.5. The van der Waals surface area contributed by atoms with Gasteiger partial charge in [-0.2, -0.15) is 0 Å². The molecular formula is C11H20O3. The van der Waals surface area contributed by atoms with Crippen molar-refractivity contribution in [1.82, 2.24) is 0 Å². The molecule has 0 aromatic heterocycles. The highest BCUT2D eigenvalue weighted by Crippen LogP contribution is 2.39. The molecule has 0 spiro atoms. The van der Waals surface area contributed by atoms with Crippen LogP contribution in [0.1, 0.15) is 39.5 Å². The zero-order valence-corrected chi connectivity index (χ0v) is 9.25. The Bertz CT molecular complexity index is 213. The van der Waals surface area contributed by atoms with Gasteiger partial charge in [0, 0.05) is 5.92 Å². The molecule has 1 aliphatic rings. The highest BCUT2D eigenvalue weighted by Gasteiger charge is 2.47. The lowest BCUT2D eigenvalue weighted by molar-refractivity contribution is -0.175. The molecule has 3 heteroatoms. The molecule has 1 fully saturated rings. The second-order valence-electron chi connectivity index (χ2n) is 4.51. The molecule has 0 bridgehead atoms. The average molecular weight is 200 g/mol. The van der Waals surface area contributed by atoms with Crippen LogP contribution in [0.2, 0.25) is 0 Å². The first kappa shape index (κ1) is 11.5. The summed E-state index contributed by atoms with van der Waals surface area (Å²) in [6.07, 6.45) is 3.47. The lowest BCUT2D eigenvalue weighted by Gasteiger charge is -2.39. The van der Waals surface area contributed by atoms with E-state index in [1.165, 1.54) is 7.11 Å². The molecule has 1 rings (SSSR count). The van der Waals surface area contributed by atoms with E-state index in [2.05, 4.69) is 4.74 Å². The van der Waals surface area contributed by atoms with Crippen molar-refractivity contribution in [3.05, 3.63) is 0 Å². The van der Waals surface area contributed by atoms with Gasteiger partial charge in [0.25, 0.3) is 0 Å². The van der Waals surface area contributed by atoms with Crippen LogP contribution in [0.4, 0.5) is 0 Å². The maximum Gasteiger partial charge on any atom is 0.338 e. The Morgan fingerprint density at radius 3 is 2.64 bits per heavy atom. The van der Waals surface area contributed by atoms with E-state index >= 15 is 0 Å². The Hall–Kier alpha value is -0.570. The summed E-state index contributed by atoms with van der Waals surface area (Å²) in [5.74, 6) is -0.0981. The number of hydrogen-bond donors (Lipinski definition) is 1. The van der Waals surface area contributed by atoms with E-state index in [0.29, 0.717) is 12.3 Å². The molecule has 2 atom stereocenters. The van der Waals surface area contributed by atoms with Gasteiger partial charge in [0.1, 0.15) is 0 Å². The van der Waals surface area contributed by atoms with E-state index in [4.69, 9.17) is 0 Å². The monoisotopic (exact) mass is 200 g/mol. The summed E-state index contributed by atoms with van der Waals surface area (Å²) < 4.78 is 4.68. The van der Waals surface area contributed by atoms with Crippen molar-refractivity contribution in [1.29, 1.82) is 0 Å². The first-order chi connectivity index (χ1) is 6.52. The Morgan fingerprint density at radius 1 is 1.50 bits per heavy atom. The quantitative estimate of drug-likeness (QED) is 0.691. The van der Waals surface area contributed by atoms with Gasteiger partial charge in [-0.15, -0.1) is 0 Å². The zero-order chi connectivity index (χ0) is 10.8. The Kier molecular flexibility index (Phi) is 3.53. The number of hydrogen-bond acceptors (Lipinski definition) is 3. The summed E-state index contributed by atoms with van der Waals surface area (Å²) in [7, 11) is 1.34. The van der Waals surface area contributed by atoms with Gasteiger partial charge >= 0.3 is 5.97 Å². The number of esters is 1. The van der Waals surface area contributed by atoms with Crippen LogP contribution in [0.15, 0.2) is 0 Å². The van der Waals surface area contributed by atoms with Crippen LogP contribution in [-0.2, 0) is 9.53 Å². The van der Waals surface area contributed by atoms with E-state index in [9.17, 15) is 9.90 Å². The fourth-order valence-corrected chi connectivity index (χ4v) is 2.50. The SMILES string of the molecule is COC(=O)C1(O)CCCCC1C(C)C. The number of rotatable bonds is 2. The molecule has 0 saturated heterocycles. The van der Waals surface area contributed by atoms with Gasteiger partial charge < -0.3 is 9.84 Å². The normalized spacial score (nSPS) is 33.1. The topological polar surface area (TPSA) is 46.5 Å². The molecule has 0 heterocycles. The van der Waals surface area contributed by atoms with E-state index in [0.717, 1.165) is 19.3 Å². The predicted octanol–water partition coefficient (Wildman–Crippen LogP) is 1.74. The predicted molar refractivity (Wildman–Crippen MR) is 53.8 cm³/mol. The van der Waals surface area contributed by atoms with Gasteiger partial charge in [-0.3, -0.25) is 0 Å². The molecule has 0 aromatic carbocycles. The van der Waals surface area contributed by atoms with Crippen molar-refractivity contribution in [2.45, 2.75) is 45.1 Å². The average Bonchev–Trinajstić information content (AvgIpc) is 2.16. The van der Waals surface area contributed by atoms with Crippen molar-refractivity contribution in [3.8, 4) is 0 Å². The molecule has 1 saturated carbocycles. The van der Waals surface area contributed by atoms with Crippen LogP contribution in [0.5, 0.6) is 0 Å². The molecular weight excluding hydrogens is 180 g/mol. The molecule has 0 radical (unpaired) electrons. The van der Waals surface area contributed by atoms with Gasteiger partial charge in [0.2, 0.25) is 0 Å². The molecule has 1 aliphatic carbocycles. The summed E-state index contributed by atoms with van der Waals surface area (Å²) in [6, 6.07) is 0. The number of ether oxygens (including phenoxy) is 1. The van der Waals surface area contributed by atoms with E-state index in [1.54, 1.807) is 0 Å². The molecule has 3 nitrogen and oxygen atoms in total. The summed E-state index contributed by atoms with van der Waals surface area (Å²) >= 11 is 0. The molecule has 0 amide bonds. The second kappa shape index (κ2) is 4.30. The molecule has 2 unspecified atom stereocenters. The van der Waals surface area contributed by atoms with Crippen molar-refractivity contribution in [3.63, 3.8) is 0 Å². The van der Waals surface area contributed by atoms with Crippen LogP contribution in [0.25, 0.3) is 0 Å². The molecule has 0 aliphatic heterocycles. The van der Waals surface area contributed by atoms with Crippen molar-refractivity contribution in [2.75, 3.05) is 7.11 Å². The van der Waals surface area contributed by atoms with Crippen molar-refractivity contribution >= 4 is 5.97 Å². The van der Waals surface area contributed by atoms with Crippen LogP contribution >= 0.6 is 0 Å². The van der Waals surface area contributed by atoms with Gasteiger partial charge in [-0.1, -0.05) is 20.3 Å². The molecule has 1 N–H and O–H groups in total. The lowest BCUT2D eigenvalue weighted by atomic mass is 9.70. The Morgan fingerprint density at radius 2 is 2.14 bits per heavy atom. The van der Waals surface area contributed by atoms with Gasteiger partial charge in [-0.05, 0) is 25.2 Å². The second-order valence-corrected chi connectivity index (χ2v) is 4.51.